The van der Waals surface area contributed by atoms with Gasteiger partial charge in [-0.3, -0.25) is 19.3 Å². The van der Waals surface area contributed by atoms with Crippen molar-refractivity contribution < 1.29 is 19.5 Å². The van der Waals surface area contributed by atoms with Crippen LogP contribution in [0.25, 0.3) is 9.40 Å². The lowest BCUT2D eigenvalue weighted by molar-refractivity contribution is -0.150. The van der Waals surface area contributed by atoms with Gasteiger partial charge in [0, 0.05) is 5.75 Å². The molecule has 2 amide bonds. The van der Waals surface area contributed by atoms with E-state index in [4.69, 9.17) is 0 Å². The van der Waals surface area contributed by atoms with Crippen LogP contribution in [0.3, 0.4) is 0 Å². The van der Waals surface area contributed by atoms with Gasteiger partial charge < -0.3 is 10.4 Å². The first-order valence-electron chi connectivity index (χ1n) is 10.6. The standard InChI is InChI=1S/C24H17BrN2O5S4/c25-16-19(29)20-14(7-9-33-20)36-24(16)34-8-6-13-11-35-22-17(21(30)27(22)18(13)23(31)32)26-15(28)10-12-4-2-1-3-5-12/h1-9,17,22H,10-11H2,(H,26,28)(H,31,32)/t17?,22-/m1/s1. The van der Waals surface area contributed by atoms with Crippen LogP contribution in [-0.2, 0) is 20.8 Å². The fraction of sp³-hybridized carbons (Fsp3) is 0.167. The number of β-lactam (4-membered cyclic amide) rings is 1. The number of halogens is 1. The summed E-state index contributed by atoms with van der Waals surface area (Å²) in [5.74, 6) is -1.54. The number of carboxylic acids is 1. The Bertz CT molecular complexity index is 1500. The molecule has 1 unspecified atom stereocenters. The second-order valence-corrected chi connectivity index (χ2v) is 12.9. The Kier molecular flexibility index (Phi) is 7.40. The minimum Gasteiger partial charge on any atom is -0.477 e. The van der Waals surface area contributed by atoms with Crippen molar-refractivity contribution in [1.82, 2.24) is 10.2 Å². The Morgan fingerprint density at radius 2 is 2.00 bits per heavy atom. The third kappa shape index (κ3) is 4.80. The molecule has 1 fully saturated rings. The van der Waals surface area contributed by atoms with Gasteiger partial charge in [-0.1, -0.05) is 42.1 Å². The Morgan fingerprint density at radius 1 is 1.22 bits per heavy atom. The summed E-state index contributed by atoms with van der Waals surface area (Å²) < 4.78 is 2.85. The summed E-state index contributed by atoms with van der Waals surface area (Å²) in [5, 5.41) is 15.8. The number of nitrogens with zero attached hydrogens (tertiary/aromatic N) is 1. The highest BCUT2D eigenvalue weighted by molar-refractivity contribution is 9.10. The smallest absolute Gasteiger partial charge is 0.352 e. The van der Waals surface area contributed by atoms with Gasteiger partial charge in [-0.05, 0) is 50.0 Å². The first-order chi connectivity index (χ1) is 17.3. The lowest BCUT2D eigenvalue weighted by Gasteiger charge is -2.49. The topological polar surface area (TPSA) is 104 Å². The number of nitrogens with one attached hydrogen (secondary N) is 1. The van der Waals surface area contributed by atoms with Crippen LogP contribution < -0.4 is 10.7 Å². The van der Waals surface area contributed by atoms with Crippen LogP contribution in [0.4, 0.5) is 0 Å². The minimum absolute atomic E-state index is 0.0670. The highest BCUT2D eigenvalue weighted by atomic mass is 79.9. The summed E-state index contributed by atoms with van der Waals surface area (Å²) in [6, 6.07) is 10.4. The number of fused-ring (bicyclic) bond motifs is 2. The summed E-state index contributed by atoms with van der Waals surface area (Å²) in [4.78, 5) is 51.2. The second kappa shape index (κ2) is 10.5. The van der Waals surface area contributed by atoms with Crippen molar-refractivity contribution in [2.75, 3.05) is 5.75 Å². The van der Waals surface area contributed by atoms with Gasteiger partial charge in [0.2, 0.25) is 11.3 Å². The molecule has 7 nitrogen and oxygen atoms in total. The first-order valence-corrected chi connectivity index (χ1v) is 15.0. The SMILES string of the molecule is O=C(Cc1ccccc1)NC1C(=O)N2C(C(=O)O)=C(C=CSc3sc4ccsc4c(=O)c3Br)CS[C@H]12. The zero-order valence-electron chi connectivity index (χ0n) is 18.3. The number of thioether (sulfide) groups is 2. The molecule has 4 heterocycles. The molecule has 2 atom stereocenters. The molecular weight excluding hydrogens is 604 g/mol. The lowest BCUT2D eigenvalue weighted by atomic mass is 10.0. The number of hydrogen-bond acceptors (Lipinski definition) is 8. The van der Waals surface area contributed by atoms with Crippen LogP contribution in [0.2, 0.25) is 0 Å². The molecule has 1 saturated heterocycles. The van der Waals surface area contributed by atoms with E-state index in [0.717, 1.165) is 14.5 Å². The van der Waals surface area contributed by atoms with Gasteiger partial charge in [0.05, 0.1) is 24.5 Å². The second-order valence-electron chi connectivity index (χ2n) is 7.86. The molecule has 0 bridgehead atoms. The highest BCUT2D eigenvalue weighted by Gasteiger charge is 2.53. The number of amides is 2. The Morgan fingerprint density at radius 3 is 2.75 bits per heavy atom. The van der Waals surface area contributed by atoms with Crippen LogP contribution in [0, 0.1) is 0 Å². The maximum atomic E-state index is 12.9. The number of benzene rings is 1. The number of allylic oxidation sites excluding steroid dienone is 1. The van der Waals surface area contributed by atoms with Crippen molar-refractivity contribution in [1.29, 1.82) is 0 Å². The summed E-state index contributed by atoms with van der Waals surface area (Å²) in [6.07, 6.45) is 1.82. The molecule has 36 heavy (non-hydrogen) atoms. The van der Waals surface area contributed by atoms with E-state index < -0.39 is 23.3 Å². The fourth-order valence-corrected chi connectivity index (χ4v) is 9.06. The molecule has 12 heteroatoms. The number of rotatable bonds is 7. The van der Waals surface area contributed by atoms with Crippen molar-refractivity contribution in [3.8, 4) is 0 Å². The van der Waals surface area contributed by atoms with Gasteiger partial charge >= 0.3 is 5.97 Å². The predicted octanol–water partition coefficient (Wildman–Crippen LogP) is 4.67. The van der Waals surface area contributed by atoms with Crippen LogP contribution in [0.1, 0.15) is 5.56 Å². The highest BCUT2D eigenvalue weighted by Crippen LogP contribution is 2.41. The molecule has 1 aromatic carbocycles. The molecule has 2 aromatic heterocycles. The third-order valence-corrected chi connectivity index (χ3v) is 11.4. The summed E-state index contributed by atoms with van der Waals surface area (Å²) in [6.45, 7) is 0. The maximum Gasteiger partial charge on any atom is 0.352 e. The molecule has 184 valence electrons. The molecule has 5 rings (SSSR count). The van der Waals surface area contributed by atoms with E-state index in [2.05, 4.69) is 21.2 Å². The van der Waals surface area contributed by atoms with E-state index in [-0.39, 0.29) is 23.5 Å². The van der Waals surface area contributed by atoms with Crippen molar-refractivity contribution >= 4 is 89.3 Å². The zero-order valence-corrected chi connectivity index (χ0v) is 23.2. The van der Waals surface area contributed by atoms with Crippen LogP contribution >= 0.6 is 62.1 Å². The molecule has 0 radical (unpaired) electrons. The predicted molar refractivity (Wildman–Crippen MR) is 148 cm³/mol. The lowest BCUT2D eigenvalue weighted by Crippen LogP contribution is -2.70. The maximum absolute atomic E-state index is 12.9. The normalized spacial score (nSPS) is 19.5. The molecular formula is C24H17BrN2O5S4. The van der Waals surface area contributed by atoms with Gasteiger partial charge in [-0.2, -0.15) is 0 Å². The third-order valence-electron chi connectivity index (χ3n) is 5.59. The van der Waals surface area contributed by atoms with Crippen LogP contribution in [-0.4, -0.2) is 45.0 Å². The van der Waals surface area contributed by atoms with Crippen molar-refractivity contribution in [3.05, 3.63) is 84.8 Å². The quantitative estimate of drug-likeness (QED) is 0.292. The first kappa shape index (κ1) is 25.3. The van der Waals surface area contributed by atoms with Crippen molar-refractivity contribution in [3.63, 3.8) is 0 Å². The average molecular weight is 622 g/mol. The largest absolute Gasteiger partial charge is 0.477 e. The minimum atomic E-state index is -1.20. The molecule has 3 aromatic rings. The van der Waals surface area contributed by atoms with Gasteiger partial charge in [0.25, 0.3) is 5.91 Å². The van der Waals surface area contributed by atoms with E-state index in [9.17, 15) is 24.3 Å². The molecule has 0 spiro atoms. The monoisotopic (exact) mass is 620 g/mol. The van der Waals surface area contributed by atoms with Crippen LogP contribution in [0.15, 0.2) is 78.0 Å². The van der Waals surface area contributed by atoms with E-state index in [1.54, 1.807) is 11.5 Å². The number of aliphatic carboxylic acids is 1. The molecule has 0 aliphatic carbocycles. The van der Waals surface area contributed by atoms with Crippen LogP contribution in [0.5, 0.6) is 0 Å². The molecule has 2 aliphatic heterocycles. The van der Waals surface area contributed by atoms with Crippen molar-refractivity contribution in [2.24, 2.45) is 0 Å². The number of carboxylic acid groups (broad SMARTS) is 1. The number of hydrogen-bond donors (Lipinski definition) is 2. The summed E-state index contributed by atoms with van der Waals surface area (Å²) in [5.41, 5.74) is 1.19. The fourth-order valence-electron chi connectivity index (χ4n) is 3.91. The number of carbonyl (C=O) groups excluding carboxylic acids is 2. The Balaban J connectivity index is 1.30. The van der Waals surface area contributed by atoms with E-state index in [1.165, 1.54) is 51.1 Å². The van der Waals surface area contributed by atoms with Crippen molar-refractivity contribution in [2.45, 2.75) is 22.0 Å². The van der Waals surface area contributed by atoms with E-state index in [1.807, 2.05) is 41.8 Å². The van der Waals surface area contributed by atoms with Gasteiger partial charge in [-0.25, -0.2) is 4.79 Å². The molecule has 0 saturated carbocycles. The van der Waals surface area contributed by atoms with E-state index in [0.29, 0.717) is 20.5 Å². The van der Waals surface area contributed by atoms with E-state index >= 15 is 0 Å². The number of thiophene rings is 1. The molecule has 2 aliphatic rings. The Hall–Kier alpha value is -2.38. The van der Waals surface area contributed by atoms with Gasteiger partial charge in [0.1, 0.15) is 17.1 Å². The molecule has 2 N–H and O–H groups in total. The van der Waals surface area contributed by atoms with Gasteiger partial charge in [-0.15, -0.1) is 34.4 Å². The summed E-state index contributed by atoms with van der Waals surface area (Å²) in [7, 11) is 0. The zero-order chi connectivity index (χ0) is 25.4. The van der Waals surface area contributed by atoms with Gasteiger partial charge in [0.15, 0.2) is 0 Å². The number of carbonyl (C=O) groups is 3. The Labute approximate surface area is 230 Å². The average Bonchev–Trinajstić information content (AvgIpc) is 3.34. The summed E-state index contributed by atoms with van der Waals surface area (Å²) >= 11 is 8.99.